The summed E-state index contributed by atoms with van der Waals surface area (Å²) in [5.41, 5.74) is 0.0637. The number of nitrogens with one attached hydrogen (secondary N) is 1. The summed E-state index contributed by atoms with van der Waals surface area (Å²) < 4.78 is 6.23. The van der Waals surface area contributed by atoms with Crippen LogP contribution < -0.4 is 10.9 Å². The Morgan fingerprint density at radius 1 is 1.41 bits per heavy atom. The Bertz CT molecular complexity index is 556. The quantitative estimate of drug-likeness (QED) is 0.866. The van der Waals surface area contributed by atoms with Crippen molar-refractivity contribution >= 4 is 5.91 Å². The van der Waals surface area contributed by atoms with E-state index in [1.807, 2.05) is 0 Å². The van der Waals surface area contributed by atoms with E-state index in [1.54, 1.807) is 7.11 Å². The summed E-state index contributed by atoms with van der Waals surface area (Å²) >= 11 is 0. The fourth-order valence-electron chi connectivity index (χ4n) is 3.04. The molecule has 2 atom stereocenters. The van der Waals surface area contributed by atoms with Gasteiger partial charge < -0.3 is 10.1 Å². The number of carbonyl (C=O) groups is 1. The molecule has 2 rings (SSSR count). The molecule has 0 bridgehead atoms. The van der Waals surface area contributed by atoms with Gasteiger partial charge in [0.2, 0.25) is 0 Å². The number of ether oxygens (including phenoxy) is 1. The van der Waals surface area contributed by atoms with Gasteiger partial charge in [-0.05, 0) is 24.8 Å². The number of carbonyl (C=O) groups excluding carboxylic acids is 1. The lowest BCUT2D eigenvalue weighted by molar-refractivity contribution is 0.0896. The molecule has 1 N–H and O–H groups in total. The normalized spacial score (nSPS) is 21.5. The second-order valence-electron chi connectivity index (χ2n) is 5.81. The van der Waals surface area contributed by atoms with Gasteiger partial charge in [0.05, 0.1) is 13.2 Å². The van der Waals surface area contributed by atoms with E-state index >= 15 is 0 Å². The summed E-state index contributed by atoms with van der Waals surface area (Å²) in [5.74, 6) is 0.341. The zero-order valence-electron chi connectivity index (χ0n) is 13.4. The molecule has 0 saturated heterocycles. The number of amides is 1. The van der Waals surface area contributed by atoms with Crippen LogP contribution in [-0.4, -0.2) is 35.4 Å². The molecule has 6 heteroatoms. The van der Waals surface area contributed by atoms with Gasteiger partial charge >= 0.3 is 0 Å². The maximum Gasteiger partial charge on any atom is 0.271 e. The van der Waals surface area contributed by atoms with Gasteiger partial charge in [-0.3, -0.25) is 9.59 Å². The van der Waals surface area contributed by atoms with E-state index in [0.29, 0.717) is 19.1 Å². The summed E-state index contributed by atoms with van der Waals surface area (Å²) in [6, 6.07) is 3.09. The predicted octanol–water partition coefficient (Wildman–Crippen LogP) is 1.59. The molecule has 2 unspecified atom stereocenters. The number of rotatable bonds is 6. The van der Waals surface area contributed by atoms with E-state index in [4.69, 9.17) is 4.74 Å². The van der Waals surface area contributed by atoms with E-state index in [0.717, 1.165) is 19.3 Å². The van der Waals surface area contributed by atoms with Crippen molar-refractivity contribution in [3.63, 3.8) is 0 Å². The molecule has 1 saturated carbocycles. The Balaban J connectivity index is 2.07. The van der Waals surface area contributed by atoms with Crippen molar-refractivity contribution in [1.82, 2.24) is 15.1 Å². The SMILES string of the molecule is CCC1CCCCC1NC(=O)c1ccc(=O)n(CCOC)n1. The lowest BCUT2D eigenvalue weighted by Gasteiger charge is -2.31. The topological polar surface area (TPSA) is 73.2 Å². The van der Waals surface area contributed by atoms with Crippen LogP contribution >= 0.6 is 0 Å². The smallest absolute Gasteiger partial charge is 0.271 e. The lowest BCUT2D eigenvalue weighted by atomic mass is 9.83. The first-order valence-corrected chi connectivity index (χ1v) is 8.03. The Kier molecular flexibility index (Phi) is 6.12. The molecule has 0 aromatic carbocycles. The highest BCUT2D eigenvalue weighted by molar-refractivity contribution is 5.92. The van der Waals surface area contributed by atoms with Gasteiger partial charge in [-0.2, -0.15) is 5.10 Å². The fraction of sp³-hybridized carbons (Fsp3) is 0.688. The molecule has 1 heterocycles. The van der Waals surface area contributed by atoms with Crippen molar-refractivity contribution in [2.75, 3.05) is 13.7 Å². The first kappa shape index (κ1) is 16.7. The molecule has 1 amide bonds. The minimum absolute atomic E-state index is 0.198. The summed E-state index contributed by atoms with van der Waals surface area (Å²) in [6.07, 6.45) is 5.66. The molecule has 1 aromatic heterocycles. The van der Waals surface area contributed by atoms with E-state index in [9.17, 15) is 9.59 Å². The van der Waals surface area contributed by atoms with E-state index in [-0.39, 0.29) is 23.2 Å². The van der Waals surface area contributed by atoms with Gasteiger partial charge in [-0.1, -0.05) is 26.2 Å². The highest BCUT2D eigenvalue weighted by atomic mass is 16.5. The fourth-order valence-corrected chi connectivity index (χ4v) is 3.04. The van der Waals surface area contributed by atoms with Gasteiger partial charge in [0.1, 0.15) is 5.69 Å². The first-order chi connectivity index (χ1) is 10.7. The van der Waals surface area contributed by atoms with Crippen LogP contribution in [0.3, 0.4) is 0 Å². The third kappa shape index (κ3) is 4.16. The van der Waals surface area contributed by atoms with Crippen LogP contribution in [0, 0.1) is 5.92 Å². The van der Waals surface area contributed by atoms with Gasteiger partial charge in [-0.25, -0.2) is 4.68 Å². The summed E-state index contributed by atoms with van der Waals surface area (Å²) in [4.78, 5) is 24.1. The summed E-state index contributed by atoms with van der Waals surface area (Å²) in [7, 11) is 1.57. The molecule has 1 aliphatic rings. The van der Waals surface area contributed by atoms with Gasteiger partial charge in [0.15, 0.2) is 0 Å². The molecule has 1 fully saturated rings. The third-order valence-electron chi connectivity index (χ3n) is 4.36. The number of hydrogen-bond donors (Lipinski definition) is 1. The van der Waals surface area contributed by atoms with Crippen LogP contribution in [0.2, 0.25) is 0 Å². The molecule has 0 radical (unpaired) electrons. The second kappa shape index (κ2) is 8.08. The highest BCUT2D eigenvalue weighted by Gasteiger charge is 2.25. The van der Waals surface area contributed by atoms with Crippen molar-refractivity contribution in [2.24, 2.45) is 5.92 Å². The average molecular weight is 307 g/mol. The van der Waals surface area contributed by atoms with Crippen molar-refractivity contribution in [1.29, 1.82) is 0 Å². The van der Waals surface area contributed by atoms with Crippen molar-refractivity contribution < 1.29 is 9.53 Å². The molecular weight excluding hydrogens is 282 g/mol. The molecule has 0 aliphatic heterocycles. The molecule has 122 valence electrons. The Labute approximate surface area is 130 Å². The van der Waals surface area contributed by atoms with E-state index in [1.165, 1.54) is 29.7 Å². The largest absolute Gasteiger partial charge is 0.383 e. The number of methoxy groups -OCH3 is 1. The van der Waals surface area contributed by atoms with Crippen LogP contribution in [0.25, 0.3) is 0 Å². The first-order valence-electron chi connectivity index (χ1n) is 8.03. The second-order valence-corrected chi connectivity index (χ2v) is 5.81. The van der Waals surface area contributed by atoms with Crippen LogP contribution in [0.15, 0.2) is 16.9 Å². The number of aromatic nitrogens is 2. The standard InChI is InChI=1S/C16H25N3O3/c1-3-12-6-4-5-7-13(12)17-16(21)14-8-9-15(20)19(18-14)10-11-22-2/h8-9,12-13H,3-7,10-11H2,1-2H3,(H,17,21). The minimum atomic E-state index is -0.224. The van der Waals surface area contributed by atoms with Crippen molar-refractivity contribution in [3.05, 3.63) is 28.2 Å². The molecule has 22 heavy (non-hydrogen) atoms. The molecular formula is C16H25N3O3. The van der Waals surface area contributed by atoms with Crippen LogP contribution in [-0.2, 0) is 11.3 Å². The third-order valence-corrected chi connectivity index (χ3v) is 4.36. The van der Waals surface area contributed by atoms with Crippen molar-refractivity contribution in [3.8, 4) is 0 Å². The maximum atomic E-state index is 12.4. The summed E-state index contributed by atoms with van der Waals surface area (Å²) in [6.45, 7) is 2.90. The van der Waals surface area contributed by atoms with Crippen LogP contribution in [0.1, 0.15) is 49.5 Å². The molecule has 1 aromatic rings. The molecule has 1 aliphatic carbocycles. The Hall–Kier alpha value is -1.69. The van der Waals surface area contributed by atoms with Crippen LogP contribution in [0.4, 0.5) is 0 Å². The predicted molar refractivity (Wildman–Crippen MR) is 83.9 cm³/mol. The van der Waals surface area contributed by atoms with E-state index < -0.39 is 0 Å². The number of hydrogen-bond acceptors (Lipinski definition) is 4. The Morgan fingerprint density at radius 2 is 2.18 bits per heavy atom. The average Bonchev–Trinajstić information content (AvgIpc) is 2.54. The zero-order valence-corrected chi connectivity index (χ0v) is 13.4. The van der Waals surface area contributed by atoms with Gasteiger partial charge in [-0.15, -0.1) is 0 Å². The molecule has 6 nitrogen and oxygen atoms in total. The lowest BCUT2D eigenvalue weighted by Crippen LogP contribution is -2.42. The summed E-state index contributed by atoms with van der Waals surface area (Å²) in [5, 5.41) is 7.23. The Morgan fingerprint density at radius 3 is 2.91 bits per heavy atom. The number of nitrogens with zero attached hydrogens (tertiary/aromatic N) is 2. The highest BCUT2D eigenvalue weighted by Crippen LogP contribution is 2.26. The van der Waals surface area contributed by atoms with Gasteiger partial charge in [0.25, 0.3) is 11.5 Å². The molecule has 0 spiro atoms. The van der Waals surface area contributed by atoms with Crippen molar-refractivity contribution in [2.45, 2.75) is 51.6 Å². The van der Waals surface area contributed by atoms with Gasteiger partial charge in [0, 0.05) is 19.2 Å². The zero-order chi connectivity index (χ0) is 15.9. The van der Waals surface area contributed by atoms with E-state index in [2.05, 4.69) is 17.3 Å². The minimum Gasteiger partial charge on any atom is -0.383 e. The maximum absolute atomic E-state index is 12.4. The monoisotopic (exact) mass is 307 g/mol. The van der Waals surface area contributed by atoms with Crippen LogP contribution in [0.5, 0.6) is 0 Å².